The lowest BCUT2D eigenvalue weighted by molar-refractivity contribution is 0.0526. The number of hydrogen-bond donors (Lipinski definition) is 1. The maximum Gasteiger partial charge on any atom is 0.343 e. The second-order valence-electron chi connectivity index (χ2n) is 7.67. The summed E-state index contributed by atoms with van der Waals surface area (Å²) in [7, 11) is 0. The molecular formula is C26H26N4O2S. The molecule has 0 amide bonds. The maximum absolute atomic E-state index is 12.4. The highest BCUT2D eigenvalue weighted by molar-refractivity contribution is 7.09. The van der Waals surface area contributed by atoms with Crippen molar-refractivity contribution in [2.75, 3.05) is 18.5 Å². The molecule has 6 nitrogen and oxygen atoms in total. The molecule has 0 aliphatic rings. The molecule has 0 saturated heterocycles. The normalized spacial score (nSPS) is 10.8. The summed E-state index contributed by atoms with van der Waals surface area (Å²) in [6.07, 6.45) is 2.32. The minimum atomic E-state index is -0.432. The summed E-state index contributed by atoms with van der Waals surface area (Å²) < 4.78 is 5.19. The Kier molecular flexibility index (Phi) is 7.10. The Bertz CT molecular complexity index is 1250. The smallest absolute Gasteiger partial charge is 0.343 e. The molecule has 0 aliphatic heterocycles. The maximum atomic E-state index is 12.4. The zero-order chi connectivity index (χ0) is 23.2. The lowest BCUT2D eigenvalue weighted by Gasteiger charge is -2.12. The molecule has 2 aromatic heterocycles. The van der Waals surface area contributed by atoms with Crippen molar-refractivity contribution in [3.05, 3.63) is 81.8 Å². The second kappa shape index (κ2) is 10.4. The number of carbonyl (C=O) groups is 1. The molecule has 168 valence electrons. The first kappa shape index (κ1) is 22.6. The number of nitrogens with zero attached hydrogens (tertiary/aromatic N) is 3. The Labute approximate surface area is 197 Å². The van der Waals surface area contributed by atoms with Crippen LogP contribution < -0.4 is 5.32 Å². The number of ether oxygens (including phenoxy) is 1. The minimum Gasteiger partial charge on any atom is -0.462 e. The zero-order valence-electron chi connectivity index (χ0n) is 19.0. The number of hydrogen-bond acceptors (Lipinski definition) is 7. The van der Waals surface area contributed by atoms with Crippen LogP contribution in [0.3, 0.4) is 0 Å². The lowest BCUT2D eigenvalue weighted by atomic mass is 10.1. The van der Waals surface area contributed by atoms with Gasteiger partial charge in [0.1, 0.15) is 11.4 Å². The molecule has 33 heavy (non-hydrogen) atoms. The van der Waals surface area contributed by atoms with Gasteiger partial charge in [0.15, 0.2) is 5.82 Å². The number of esters is 1. The van der Waals surface area contributed by atoms with Gasteiger partial charge in [-0.15, -0.1) is 11.3 Å². The highest BCUT2D eigenvalue weighted by atomic mass is 32.1. The number of benzene rings is 2. The summed E-state index contributed by atoms with van der Waals surface area (Å²) in [4.78, 5) is 26.0. The van der Waals surface area contributed by atoms with Crippen LogP contribution in [-0.4, -0.2) is 34.1 Å². The van der Waals surface area contributed by atoms with Crippen LogP contribution in [0.5, 0.6) is 0 Å². The third-order valence-corrected chi connectivity index (χ3v) is 5.91. The molecule has 0 spiro atoms. The van der Waals surface area contributed by atoms with E-state index in [-0.39, 0.29) is 0 Å². The fraction of sp³-hybridized carbons (Fsp3) is 0.231. The predicted octanol–water partition coefficient (Wildman–Crippen LogP) is 5.72. The highest BCUT2D eigenvalue weighted by Crippen LogP contribution is 2.23. The van der Waals surface area contributed by atoms with Gasteiger partial charge in [-0.05, 0) is 38.8 Å². The summed E-state index contributed by atoms with van der Waals surface area (Å²) in [5.41, 5.74) is 5.66. The van der Waals surface area contributed by atoms with Gasteiger partial charge in [-0.2, -0.15) is 0 Å². The SMILES string of the molecule is CCOC(=O)c1cnc(-c2cccc(C)c2)nc1NCCc1ccc(-c2csc(C)n2)cc1. The monoisotopic (exact) mass is 458 g/mol. The van der Waals surface area contributed by atoms with Crippen LogP contribution in [0.2, 0.25) is 0 Å². The number of nitrogens with one attached hydrogen (secondary N) is 1. The molecule has 4 rings (SSSR count). The molecule has 4 aromatic rings. The van der Waals surface area contributed by atoms with Crippen molar-refractivity contribution < 1.29 is 9.53 Å². The molecule has 7 heteroatoms. The number of aromatic nitrogens is 3. The quantitative estimate of drug-likeness (QED) is 0.341. The molecule has 0 fully saturated rings. The van der Waals surface area contributed by atoms with Crippen LogP contribution >= 0.6 is 11.3 Å². The van der Waals surface area contributed by atoms with E-state index in [2.05, 4.69) is 49.9 Å². The van der Waals surface area contributed by atoms with Gasteiger partial charge in [0, 0.05) is 29.2 Å². The highest BCUT2D eigenvalue weighted by Gasteiger charge is 2.16. The average molecular weight is 459 g/mol. The van der Waals surface area contributed by atoms with E-state index in [0.29, 0.717) is 30.4 Å². The van der Waals surface area contributed by atoms with E-state index in [9.17, 15) is 4.79 Å². The number of anilines is 1. The van der Waals surface area contributed by atoms with Crippen LogP contribution in [-0.2, 0) is 11.2 Å². The van der Waals surface area contributed by atoms with E-state index in [0.717, 1.165) is 33.8 Å². The molecule has 0 aliphatic carbocycles. The molecule has 0 atom stereocenters. The van der Waals surface area contributed by atoms with E-state index in [1.54, 1.807) is 18.3 Å². The van der Waals surface area contributed by atoms with Gasteiger partial charge < -0.3 is 10.1 Å². The van der Waals surface area contributed by atoms with Crippen molar-refractivity contribution in [3.8, 4) is 22.6 Å². The molecule has 0 radical (unpaired) electrons. The molecule has 2 heterocycles. The Morgan fingerprint density at radius 3 is 2.58 bits per heavy atom. The van der Waals surface area contributed by atoms with Gasteiger partial charge in [0.2, 0.25) is 0 Å². The topological polar surface area (TPSA) is 77.0 Å². The lowest BCUT2D eigenvalue weighted by Crippen LogP contribution is -2.14. The Morgan fingerprint density at radius 1 is 1.06 bits per heavy atom. The number of thiazole rings is 1. The summed E-state index contributed by atoms with van der Waals surface area (Å²) in [5.74, 6) is 0.616. The van der Waals surface area contributed by atoms with Gasteiger partial charge in [-0.1, -0.05) is 48.0 Å². The molecule has 0 bridgehead atoms. The molecule has 0 saturated carbocycles. The molecule has 0 unspecified atom stereocenters. The number of carbonyl (C=O) groups excluding carboxylic acids is 1. The fourth-order valence-corrected chi connectivity index (χ4v) is 4.08. The van der Waals surface area contributed by atoms with E-state index < -0.39 is 5.97 Å². The van der Waals surface area contributed by atoms with Crippen molar-refractivity contribution in [2.24, 2.45) is 0 Å². The van der Waals surface area contributed by atoms with Crippen LogP contribution in [0.25, 0.3) is 22.6 Å². The van der Waals surface area contributed by atoms with Crippen LogP contribution in [0, 0.1) is 13.8 Å². The van der Waals surface area contributed by atoms with Gasteiger partial charge in [0.05, 0.1) is 17.3 Å². The third kappa shape index (κ3) is 5.62. The summed E-state index contributed by atoms with van der Waals surface area (Å²) in [6.45, 7) is 6.73. The molecule has 2 aromatic carbocycles. The Hall–Kier alpha value is -3.58. The van der Waals surface area contributed by atoms with E-state index in [1.807, 2.05) is 38.1 Å². The number of aryl methyl sites for hydroxylation is 2. The van der Waals surface area contributed by atoms with Crippen LogP contribution in [0.4, 0.5) is 5.82 Å². The zero-order valence-corrected chi connectivity index (χ0v) is 19.8. The van der Waals surface area contributed by atoms with Gasteiger partial charge in [-0.25, -0.2) is 19.7 Å². The van der Waals surface area contributed by atoms with Crippen LogP contribution in [0.1, 0.15) is 33.4 Å². The fourth-order valence-electron chi connectivity index (χ4n) is 3.46. The van der Waals surface area contributed by atoms with Gasteiger partial charge >= 0.3 is 5.97 Å². The Morgan fingerprint density at radius 2 is 1.88 bits per heavy atom. The third-order valence-electron chi connectivity index (χ3n) is 5.14. The molecule has 1 N–H and O–H groups in total. The van der Waals surface area contributed by atoms with E-state index >= 15 is 0 Å². The first-order chi connectivity index (χ1) is 16.0. The second-order valence-corrected chi connectivity index (χ2v) is 8.73. The predicted molar refractivity (Wildman–Crippen MR) is 133 cm³/mol. The van der Waals surface area contributed by atoms with Crippen molar-refractivity contribution in [3.63, 3.8) is 0 Å². The first-order valence-electron chi connectivity index (χ1n) is 10.9. The standard InChI is InChI=1S/C26H26N4O2S/c1-4-32-26(31)22-15-28-24(21-7-5-6-17(2)14-21)30-25(22)27-13-12-19-8-10-20(11-9-19)23-16-33-18(3)29-23/h5-11,14-16H,4,12-13H2,1-3H3,(H,27,28,30). The average Bonchev–Trinajstić information content (AvgIpc) is 3.26. The molecular weight excluding hydrogens is 432 g/mol. The minimum absolute atomic E-state index is 0.294. The Balaban J connectivity index is 1.49. The summed E-state index contributed by atoms with van der Waals surface area (Å²) in [5, 5.41) is 6.45. The summed E-state index contributed by atoms with van der Waals surface area (Å²) >= 11 is 1.65. The van der Waals surface area contributed by atoms with Crippen molar-refractivity contribution in [2.45, 2.75) is 27.2 Å². The van der Waals surface area contributed by atoms with Crippen molar-refractivity contribution >= 4 is 23.1 Å². The van der Waals surface area contributed by atoms with E-state index in [1.165, 1.54) is 11.8 Å². The van der Waals surface area contributed by atoms with Gasteiger partial charge in [0.25, 0.3) is 0 Å². The summed E-state index contributed by atoms with van der Waals surface area (Å²) in [6, 6.07) is 16.4. The van der Waals surface area contributed by atoms with Crippen LogP contribution in [0.15, 0.2) is 60.1 Å². The van der Waals surface area contributed by atoms with Gasteiger partial charge in [-0.3, -0.25) is 0 Å². The van der Waals surface area contributed by atoms with E-state index in [4.69, 9.17) is 4.74 Å². The largest absolute Gasteiger partial charge is 0.462 e. The van der Waals surface area contributed by atoms with Crippen molar-refractivity contribution in [1.82, 2.24) is 15.0 Å². The number of rotatable bonds is 8. The van der Waals surface area contributed by atoms with Crippen molar-refractivity contribution in [1.29, 1.82) is 0 Å². The first-order valence-corrected chi connectivity index (χ1v) is 11.8.